The van der Waals surface area contributed by atoms with Crippen molar-refractivity contribution in [2.24, 2.45) is 0 Å². The molecule has 2 aromatic rings. The number of hydrogen-bond donors (Lipinski definition) is 1. The van der Waals surface area contributed by atoms with E-state index in [1.165, 1.54) is 5.56 Å². The SMILES string of the molecule is CC(=O)c1ccc(N2CCN(C(=O)CCNC(=O)c3ccc(C(C)(C)C)cc3)CC2)cc1. The monoisotopic (exact) mass is 435 g/mol. The number of amides is 2. The Morgan fingerprint density at radius 1 is 0.844 bits per heavy atom. The van der Waals surface area contributed by atoms with Gasteiger partial charge in [0.2, 0.25) is 5.91 Å². The third kappa shape index (κ3) is 5.96. The molecule has 6 nitrogen and oxygen atoms in total. The molecule has 0 saturated carbocycles. The molecule has 32 heavy (non-hydrogen) atoms. The molecule has 0 spiro atoms. The molecule has 1 N–H and O–H groups in total. The summed E-state index contributed by atoms with van der Waals surface area (Å²) >= 11 is 0. The van der Waals surface area contributed by atoms with Gasteiger partial charge >= 0.3 is 0 Å². The summed E-state index contributed by atoms with van der Waals surface area (Å²) in [5.74, 6) is -0.0435. The molecule has 1 saturated heterocycles. The Hall–Kier alpha value is -3.15. The van der Waals surface area contributed by atoms with Gasteiger partial charge in [-0.3, -0.25) is 14.4 Å². The van der Waals surface area contributed by atoms with Gasteiger partial charge in [-0.1, -0.05) is 32.9 Å². The minimum atomic E-state index is -0.155. The Labute approximate surface area is 190 Å². The predicted molar refractivity (Wildman–Crippen MR) is 127 cm³/mol. The first-order chi connectivity index (χ1) is 15.1. The Morgan fingerprint density at radius 2 is 1.41 bits per heavy atom. The van der Waals surface area contributed by atoms with Gasteiger partial charge in [-0.2, -0.15) is 0 Å². The second-order valence-electron chi connectivity index (χ2n) is 9.30. The summed E-state index contributed by atoms with van der Waals surface area (Å²) in [6, 6.07) is 15.2. The van der Waals surface area contributed by atoms with Gasteiger partial charge < -0.3 is 15.1 Å². The van der Waals surface area contributed by atoms with E-state index in [1.807, 2.05) is 53.4 Å². The number of nitrogens with zero attached hydrogens (tertiary/aromatic N) is 2. The van der Waals surface area contributed by atoms with Crippen LogP contribution in [0.15, 0.2) is 48.5 Å². The summed E-state index contributed by atoms with van der Waals surface area (Å²) in [4.78, 5) is 40.4. The standard InChI is InChI=1S/C26H33N3O3/c1-19(30)20-7-11-23(12-8-20)28-15-17-29(18-16-28)24(31)13-14-27-25(32)21-5-9-22(10-6-21)26(2,3)4/h5-12H,13-18H2,1-4H3,(H,27,32). The van der Waals surface area contributed by atoms with Crippen LogP contribution in [0.3, 0.4) is 0 Å². The molecule has 1 aliphatic heterocycles. The summed E-state index contributed by atoms with van der Waals surface area (Å²) in [7, 11) is 0. The number of piperazine rings is 1. The molecule has 2 aromatic carbocycles. The van der Waals surface area contributed by atoms with E-state index < -0.39 is 0 Å². The highest BCUT2D eigenvalue weighted by Crippen LogP contribution is 2.22. The molecule has 0 atom stereocenters. The zero-order chi connectivity index (χ0) is 23.3. The lowest BCUT2D eigenvalue weighted by atomic mass is 9.87. The van der Waals surface area contributed by atoms with Gasteiger partial charge in [0.15, 0.2) is 5.78 Å². The highest BCUT2D eigenvalue weighted by atomic mass is 16.2. The molecule has 6 heteroatoms. The maximum atomic E-state index is 12.6. The van der Waals surface area contributed by atoms with E-state index in [0.29, 0.717) is 37.2 Å². The molecule has 2 amide bonds. The van der Waals surface area contributed by atoms with Crippen LogP contribution < -0.4 is 10.2 Å². The summed E-state index contributed by atoms with van der Waals surface area (Å²) < 4.78 is 0. The van der Waals surface area contributed by atoms with Gasteiger partial charge in [-0.25, -0.2) is 0 Å². The van der Waals surface area contributed by atoms with Crippen LogP contribution in [-0.4, -0.2) is 55.2 Å². The van der Waals surface area contributed by atoms with Crippen LogP contribution in [0.4, 0.5) is 5.69 Å². The molecule has 3 rings (SSSR count). The maximum Gasteiger partial charge on any atom is 0.251 e. The van der Waals surface area contributed by atoms with E-state index >= 15 is 0 Å². The molecular formula is C26H33N3O3. The van der Waals surface area contributed by atoms with E-state index in [2.05, 4.69) is 31.0 Å². The van der Waals surface area contributed by atoms with Gasteiger partial charge in [0.05, 0.1) is 0 Å². The predicted octanol–water partition coefficient (Wildman–Crippen LogP) is 3.66. The van der Waals surface area contributed by atoms with Crippen molar-refractivity contribution >= 4 is 23.3 Å². The third-order valence-corrected chi connectivity index (χ3v) is 5.91. The average Bonchev–Trinajstić information content (AvgIpc) is 2.78. The highest BCUT2D eigenvalue weighted by molar-refractivity contribution is 5.95. The number of nitrogens with one attached hydrogen (secondary N) is 1. The van der Waals surface area contributed by atoms with Gasteiger partial charge in [0.25, 0.3) is 5.91 Å². The van der Waals surface area contributed by atoms with E-state index in [1.54, 1.807) is 6.92 Å². The smallest absolute Gasteiger partial charge is 0.251 e. The van der Waals surface area contributed by atoms with E-state index in [-0.39, 0.29) is 23.0 Å². The molecule has 1 aliphatic rings. The van der Waals surface area contributed by atoms with Gasteiger partial charge in [-0.15, -0.1) is 0 Å². The van der Waals surface area contributed by atoms with Crippen molar-refractivity contribution in [3.05, 3.63) is 65.2 Å². The van der Waals surface area contributed by atoms with Crippen molar-refractivity contribution in [2.45, 2.75) is 39.5 Å². The third-order valence-electron chi connectivity index (χ3n) is 5.91. The average molecular weight is 436 g/mol. The zero-order valence-electron chi connectivity index (χ0n) is 19.5. The first kappa shape index (κ1) is 23.5. The van der Waals surface area contributed by atoms with Gasteiger partial charge in [0.1, 0.15) is 0 Å². The number of rotatable bonds is 6. The Morgan fingerprint density at radius 3 is 1.94 bits per heavy atom. The van der Waals surface area contributed by atoms with E-state index in [9.17, 15) is 14.4 Å². The number of carbonyl (C=O) groups excluding carboxylic acids is 3. The maximum absolute atomic E-state index is 12.6. The van der Waals surface area contributed by atoms with Crippen molar-refractivity contribution in [1.82, 2.24) is 10.2 Å². The zero-order valence-corrected chi connectivity index (χ0v) is 19.5. The largest absolute Gasteiger partial charge is 0.368 e. The second kappa shape index (κ2) is 9.98. The van der Waals surface area contributed by atoms with Crippen LogP contribution in [0, 0.1) is 0 Å². The van der Waals surface area contributed by atoms with Crippen LogP contribution in [0.25, 0.3) is 0 Å². The quantitative estimate of drug-likeness (QED) is 0.703. The second-order valence-corrected chi connectivity index (χ2v) is 9.30. The van der Waals surface area contributed by atoms with Crippen molar-refractivity contribution in [1.29, 1.82) is 0 Å². The first-order valence-electron chi connectivity index (χ1n) is 11.2. The van der Waals surface area contributed by atoms with Gasteiger partial charge in [-0.05, 0) is 54.3 Å². The topological polar surface area (TPSA) is 69.7 Å². The fourth-order valence-electron chi connectivity index (χ4n) is 3.79. The van der Waals surface area contributed by atoms with Crippen LogP contribution >= 0.6 is 0 Å². The van der Waals surface area contributed by atoms with Crippen molar-refractivity contribution in [3.63, 3.8) is 0 Å². The minimum Gasteiger partial charge on any atom is -0.368 e. The minimum absolute atomic E-state index is 0.0451. The van der Waals surface area contributed by atoms with Crippen molar-refractivity contribution < 1.29 is 14.4 Å². The van der Waals surface area contributed by atoms with Crippen molar-refractivity contribution in [2.75, 3.05) is 37.6 Å². The van der Waals surface area contributed by atoms with E-state index in [0.717, 1.165) is 18.8 Å². The number of anilines is 1. The molecule has 0 aromatic heterocycles. The summed E-state index contributed by atoms with van der Waals surface area (Å²) in [5.41, 5.74) is 3.60. The molecule has 170 valence electrons. The lowest BCUT2D eigenvalue weighted by Gasteiger charge is -2.36. The summed E-state index contributed by atoms with van der Waals surface area (Å²) in [6.07, 6.45) is 0.291. The van der Waals surface area contributed by atoms with Gasteiger partial charge in [0, 0.05) is 56.0 Å². The number of ketones is 1. The fraction of sp³-hybridized carbons (Fsp3) is 0.423. The lowest BCUT2D eigenvalue weighted by Crippen LogP contribution is -2.49. The normalized spacial score (nSPS) is 14.2. The lowest BCUT2D eigenvalue weighted by molar-refractivity contribution is -0.131. The molecule has 0 radical (unpaired) electrons. The molecule has 0 aliphatic carbocycles. The summed E-state index contributed by atoms with van der Waals surface area (Å²) in [5, 5.41) is 2.85. The fourth-order valence-corrected chi connectivity index (χ4v) is 3.79. The number of carbonyl (C=O) groups is 3. The number of benzene rings is 2. The molecular weight excluding hydrogens is 402 g/mol. The number of Topliss-reactive ketones (excluding diaryl/α,β-unsaturated/α-hetero) is 1. The molecule has 0 bridgehead atoms. The van der Waals surface area contributed by atoms with Crippen LogP contribution in [0.5, 0.6) is 0 Å². The Kier molecular flexibility index (Phi) is 7.33. The first-order valence-corrected chi connectivity index (χ1v) is 11.2. The molecule has 1 heterocycles. The molecule has 0 unspecified atom stereocenters. The Balaban J connectivity index is 1.42. The van der Waals surface area contributed by atoms with Crippen LogP contribution in [0.1, 0.15) is 60.4 Å². The number of hydrogen-bond acceptors (Lipinski definition) is 4. The summed E-state index contributed by atoms with van der Waals surface area (Å²) in [6.45, 7) is 11.1. The van der Waals surface area contributed by atoms with E-state index in [4.69, 9.17) is 0 Å². The van der Waals surface area contributed by atoms with Crippen molar-refractivity contribution in [3.8, 4) is 0 Å². The Bertz CT molecular complexity index is 951. The van der Waals surface area contributed by atoms with Crippen LogP contribution in [0.2, 0.25) is 0 Å². The highest BCUT2D eigenvalue weighted by Gasteiger charge is 2.21. The molecule has 1 fully saturated rings. The van der Waals surface area contributed by atoms with Crippen LogP contribution in [-0.2, 0) is 10.2 Å².